The molecule has 1 amide bonds. The van der Waals surface area contributed by atoms with Crippen molar-refractivity contribution in [2.45, 2.75) is 24.9 Å². The van der Waals surface area contributed by atoms with Gasteiger partial charge in [0.25, 0.3) is 11.6 Å². The van der Waals surface area contributed by atoms with E-state index in [1.54, 1.807) is 29.2 Å². The fourth-order valence-electron chi connectivity index (χ4n) is 3.51. The van der Waals surface area contributed by atoms with Crippen LogP contribution in [0.25, 0.3) is 0 Å². The average molecular weight is 421 g/mol. The highest BCUT2D eigenvalue weighted by Crippen LogP contribution is 2.33. The summed E-state index contributed by atoms with van der Waals surface area (Å²) in [6.45, 7) is 1.55. The van der Waals surface area contributed by atoms with Gasteiger partial charge >= 0.3 is 0 Å². The molecule has 1 atom stereocenters. The number of amides is 1. The maximum Gasteiger partial charge on any atom is 0.293 e. The molecule has 2 fully saturated rings. The third-order valence-electron chi connectivity index (χ3n) is 5.12. The van der Waals surface area contributed by atoms with Gasteiger partial charge in [0.1, 0.15) is 11.5 Å². The summed E-state index contributed by atoms with van der Waals surface area (Å²) in [6, 6.07) is 10.7. The van der Waals surface area contributed by atoms with Gasteiger partial charge in [0.15, 0.2) is 0 Å². The van der Waals surface area contributed by atoms with Crippen LogP contribution in [0.3, 0.4) is 0 Å². The lowest BCUT2D eigenvalue weighted by atomic mass is 10.0. The average Bonchev–Trinajstić information content (AvgIpc) is 3.51. The Balaban J connectivity index is 0.00000240. The van der Waals surface area contributed by atoms with E-state index in [4.69, 9.17) is 0 Å². The van der Waals surface area contributed by atoms with E-state index >= 15 is 0 Å². The summed E-state index contributed by atoms with van der Waals surface area (Å²) in [5, 5.41) is 17.8. The van der Waals surface area contributed by atoms with Crippen LogP contribution in [0.15, 0.2) is 42.5 Å². The summed E-state index contributed by atoms with van der Waals surface area (Å²) in [5.41, 5.74) is 1.29. The maximum atomic E-state index is 13.7. The minimum Gasteiger partial charge on any atom is -0.377 e. The number of piperazine rings is 1. The zero-order valence-electron chi connectivity index (χ0n) is 15.6. The molecule has 29 heavy (non-hydrogen) atoms. The minimum absolute atomic E-state index is 0. The Morgan fingerprint density at radius 3 is 2.72 bits per heavy atom. The molecule has 0 radical (unpaired) electrons. The summed E-state index contributed by atoms with van der Waals surface area (Å²) in [7, 11) is 0. The highest BCUT2D eigenvalue weighted by atomic mass is 35.5. The first-order chi connectivity index (χ1) is 13.5. The number of carbonyl (C=O) groups excluding carboxylic acids is 1. The maximum absolute atomic E-state index is 13.7. The van der Waals surface area contributed by atoms with Crippen LogP contribution in [-0.2, 0) is 0 Å². The van der Waals surface area contributed by atoms with E-state index in [1.165, 1.54) is 18.2 Å². The molecule has 9 heteroatoms. The van der Waals surface area contributed by atoms with Crippen LogP contribution in [0.1, 0.15) is 34.8 Å². The van der Waals surface area contributed by atoms with E-state index in [1.807, 2.05) is 0 Å². The van der Waals surface area contributed by atoms with Gasteiger partial charge in [-0.25, -0.2) is 4.39 Å². The Kier molecular flexibility index (Phi) is 6.34. The lowest BCUT2D eigenvalue weighted by Gasteiger charge is -2.36. The van der Waals surface area contributed by atoms with Crippen LogP contribution in [0, 0.1) is 15.9 Å². The summed E-state index contributed by atoms with van der Waals surface area (Å²) < 4.78 is 13.7. The number of nitro benzene ring substituents is 1. The minimum atomic E-state index is -0.469. The van der Waals surface area contributed by atoms with Crippen molar-refractivity contribution in [3.8, 4) is 0 Å². The quantitative estimate of drug-likeness (QED) is 0.571. The predicted molar refractivity (Wildman–Crippen MR) is 110 cm³/mol. The number of halogens is 2. The molecule has 2 aliphatic rings. The van der Waals surface area contributed by atoms with Crippen molar-refractivity contribution in [1.82, 2.24) is 10.2 Å². The number of benzene rings is 2. The molecule has 7 nitrogen and oxygen atoms in total. The molecule has 154 valence electrons. The fourth-order valence-corrected chi connectivity index (χ4v) is 3.51. The number of hydrogen-bond donors (Lipinski definition) is 2. The van der Waals surface area contributed by atoms with Crippen molar-refractivity contribution in [3.63, 3.8) is 0 Å². The molecule has 1 saturated carbocycles. The number of nitro groups is 1. The van der Waals surface area contributed by atoms with Crippen molar-refractivity contribution in [3.05, 3.63) is 69.5 Å². The molecule has 1 unspecified atom stereocenters. The zero-order valence-corrected chi connectivity index (χ0v) is 16.5. The first-order valence-electron chi connectivity index (χ1n) is 9.35. The van der Waals surface area contributed by atoms with Gasteiger partial charge in [-0.15, -0.1) is 12.4 Å². The van der Waals surface area contributed by atoms with Crippen LogP contribution >= 0.6 is 12.4 Å². The Morgan fingerprint density at radius 2 is 2.03 bits per heavy atom. The molecular formula is C20H22ClFN4O3. The van der Waals surface area contributed by atoms with E-state index < -0.39 is 4.92 Å². The number of anilines is 1. The highest BCUT2D eigenvalue weighted by Gasteiger charge is 2.31. The molecule has 4 rings (SSSR count). The normalized spacial score (nSPS) is 18.7. The molecule has 1 aliphatic heterocycles. The second kappa shape index (κ2) is 8.75. The van der Waals surface area contributed by atoms with Crippen molar-refractivity contribution < 1.29 is 14.1 Å². The third-order valence-corrected chi connectivity index (χ3v) is 5.12. The summed E-state index contributed by atoms with van der Waals surface area (Å²) in [6.07, 6.45) is 1.99. The summed E-state index contributed by atoms with van der Waals surface area (Å²) in [4.78, 5) is 25.8. The topological polar surface area (TPSA) is 87.5 Å². The van der Waals surface area contributed by atoms with Crippen LogP contribution in [0.2, 0.25) is 0 Å². The zero-order chi connectivity index (χ0) is 19.7. The SMILES string of the molecule is Cl.O=C(c1ccc(NC2CC2)c([N+](=O)[O-])c1)N1CCNCC1c1cccc(F)c1. The molecule has 2 aromatic rings. The molecule has 0 spiro atoms. The van der Waals surface area contributed by atoms with E-state index in [0.29, 0.717) is 30.9 Å². The Bertz CT molecular complexity index is 922. The van der Waals surface area contributed by atoms with Gasteiger partial charge < -0.3 is 15.5 Å². The number of nitrogens with one attached hydrogen (secondary N) is 2. The Hall–Kier alpha value is -2.71. The lowest BCUT2D eigenvalue weighted by molar-refractivity contribution is -0.384. The predicted octanol–water partition coefficient (Wildman–Crippen LogP) is 3.52. The number of hydrogen-bond acceptors (Lipinski definition) is 5. The lowest BCUT2D eigenvalue weighted by Crippen LogP contribution is -2.48. The third kappa shape index (κ3) is 4.65. The molecule has 1 saturated heterocycles. The summed E-state index contributed by atoms with van der Waals surface area (Å²) >= 11 is 0. The first kappa shape index (κ1) is 21.0. The molecule has 1 heterocycles. The monoisotopic (exact) mass is 420 g/mol. The van der Waals surface area contributed by atoms with Gasteiger partial charge in [0, 0.05) is 37.3 Å². The fraction of sp³-hybridized carbons (Fsp3) is 0.350. The molecule has 0 bridgehead atoms. The van der Waals surface area contributed by atoms with E-state index in [-0.39, 0.29) is 47.5 Å². The van der Waals surface area contributed by atoms with E-state index in [2.05, 4.69) is 10.6 Å². The van der Waals surface area contributed by atoms with Crippen molar-refractivity contribution in [2.24, 2.45) is 0 Å². The highest BCUT2D eigenvalue weighted by molar-refractivity contribution is 5.96. The standard InChI is InChI=1S/C20H21FN4O3.ClH/c21-15-3-1-2-13(10-15)19-12-22-8-9-24(19)20(26)14-4-7-17(23-16-5-6-16)18(11-14)25(27)28;/h1-4,7,10-11,16,19,22-23H,5-6,8-9,12H2;1H. The number of nitrogens with zero attached hydrogens (tertiary/aromatic N) is 2. The van der Waals surface area contributed by atoms with Gasteiger partial charge in [-0.3, -0.25) is 14.9 Å². The van der Waals surface area contributed by atoms with Crippen molar-refractivity contribution in [1.29, 1.82) is 0 Å². The second-order valence-electron chi connectivity index (χ2n) is 7.18. The smallest absolute Gasteiger partial charge is 0.293 e. The van der Waals surface area contributed by atoms with Crippen molar-refractivity contribution in [2.75, 3.05) is 25.0 Å². The number of rotatable bonds is 5. The van der Waals surface area contributed by atoms with Crippen LogP contribution in [0.4, 0.5) is 15.8 Å². The summed E-state index contributed by atoms with van der Waals surface area (Å²) in [5.74, 6) is -0.654. The van der Waals surface area contributed by atoms with Crippen LogP contribution < -0.4 is 10.6 Å². The molecule has 0 aromatic heterocycles. The van der Waals surface area contributed by atoms with E-state index in [0.717, 1.165) is 12.8 Å². The largest absolute Gasteiger partial charge is 0.377 e. The van der Waals surface area contributed by atoms with Crippen molar-refractivity contribution >= 4 is 29.7 Å². The van der Waals surface area contributed by atoms with Gasteiger partial charge in [0.2, 0.25) is 0 Å². The van der Waals surface area contributed by atoms with Gasteiger partial charge in [-0.2, -0.15) is 0 Å². The Labute approximate surface area is 173 Å². The molecule has 2 N–H and O–H groups in total. The number of carbonyl (C=O) groups is 1. The second-order valence-corrected chi connectivity index (χ2v) is 7.18. The molecular weight excluding hydrogens is 399 g/mol. The van der Waals surface area contributed by atoms with Gasteiger partial charge in [-0.1, -0.05) is 12.1 Å². The molecule has 2 aromatic carbocycles. The van der Waals surface area contributed by atoms with Crippen LogP contribution in [0.5, 0.6) is 0 Å². The van der Waals surface area contributed by atoms with Gasteiger partial charge in [-0.05, 0) is 42.7 Å². The molecule has 1 aliphatic carbocycles. The Morgan fingerprint density at radius 1 is 1.24 bits per heavy atom. The van der Waals surface area contributed by atoms with Crippen LogP contribution in [-0.4, -0.2) is 41.4 Å². The first-order valence-corrected chi connectivity index (χ1v) is 9.35. The van der Waals surface area contributed by atoms with E-state index in [9.17, 15) is 19.3 Å². The van der Waals surface area contributed by atoms with Gasteiger partial charge in [0.05, 0.1) is 11.0 Å².